The third-order valence-corrected chi connectivity index (χ3v) is 2.69. The van der Waals surface area contributed by atoms with Crippen molar-refractivity contribution in [3.05, 3.63) is 30.1 Å². The van der Waals surface area contributed by atoms with Crippen molar-refractivity contribution >= 4 is 5.91 Å². The normalized spacial score (nSPS) is 25.1. The molecule has 1 saturated carbocycles. The lowest BCUT2D eigenvalue weighted by Gasteiger charge is -2.15. The van der Waals surface area contributed by atoms with Crippen LogP contribution >= 0.6 is 0 Å². The van der Waals surface area contributed by atoms with E-state index in [1.54, 1.807) is 24.4 Å². The van der Waals surface area contributed by atoms with E-state index in [1.807, 2.05) is 0 Å². The van der Waals surface area contributed by atoms with E-state index in [1.165, 1.54) is 0 Å². The third-order valence-electron chi connectivity index (χ3n) is 2.69. The zero-order chi connectivity index (χ0) is 10.7. The zero-order valence-electron chi connectivity index (χ0n) is 8.39. The zero-order valence-corrected chi connectivity index (χ0v) is 8.39. The quantitative estimate of drug-likeness (QED) is 0.749. The Morgan fingerprint density at radius 1 is 1.47 bits per heavy atom. The number of hydrogen-bond donors (Lipinski definition) is 2. The summed E-state index contributed by atoms with van der Waals surface area (Å²) in [5, 5.41) is 12.3. The number of pyridine rings is 1. The fourth-order valence-corrected chi connectivity index (χ4v) is 1.85. The van der Waals surface area contributed by atoms with Crippen molar-refractivity contribution in [1.82, 2.24) is 10.3 Å². The van der Waals surface area contributed by atoms with Gasteiger partial charge in [-0.25, -0.2) is 0 Å². The second-order valence-corrected chi connectivity index (χ2v) is 3.79. The molecule has 0 bridgehead atoms. The molecule has 1 fully saturated rings. The lowest BCUT2D eigenvalue weighted by Crippen LogP contribution is -2.40. The van der Waals surface area contributed by atoms with Gasteiger partial charge in [0.15, 0.2) is 0 Å². The SMILES string of the molecule is O=C(N[C@H]1CCC[C@H]1O)c1ccccn1. The van der Waals surface area contributed by atoms with Crippen LogP contribution in [0.2, 0.25) is 0 Å². The molecule has 1 aromatic heterocycles. The molecule has 2 rings (SSSR count). The molecule has 1 heterocycles. The van der Waals surface area contributed by atoms with Crippen molar-refractivity contribution in [3.8, 4) is 0 Å². The summed E-state index contributed by atoms with van der Waals surface area (Å²) in [6, 6.07) is 5.09. The van der Waals surface area contributed by atoms with E-state index in [-0.39, 0.29) is 11.9 Å². The predicted octanol–water partition coefficient (Wildman–Crippen LogP) is 0.725. The highest BCUT2D eigenvalue weighted by Crippen LogP contribution is 2.18. The summed E-state index contributed by atoms with van der Waals surface area (Å²) in [6.45, 7) is 0. The standard InChI is InChI=1S/C11H14N2O2/c14-10-6-3-5-8(10)13-11(15)9-4-1-2-7-12-9/h1-2,4,7-8,10,14H,3,5-6H2,(H,13,15)/t8-,10+/m0/s1. The minimum absolute atomic E-state index is 0.112. The summed E-state index contributed by atoms with van der Waals surface area (Å²) in [5.74, 6) is -0.207. The average Bonchev–Trinajstić information content (AvgIpc) is 2.66. The molecule has 0 spiro atoms. The highest BCUT2D eigenvalue weighted by molar-refractivity contribution is 5.92. The molecule has 1 aliphatic carbocycles. The van der Waals surface area contributed by atoms with Gasteiger partial charge in [0.1, 0.15) is 5.69 Å². The fourth-order valence-electron chi connectivity index (χ4n) is 1.85. The lowest BCUT2D eigenvalue weighted by atomic mass is 10.2. The van der Waals surface area contributed by atoms with E-state index in [0.29, 0.717) is 5.69 Å². The molecular formula is C11H14N2O2. The van der Waals surface area contributed by atoms with Gasteiger partial charge in [-0.1, -0.05) is 6.07 Å². The van der Waals surface area contributed by atoms with Crippen molar-refractivity contribution in [2.75, 3.05) is 0 Å². The van der Waals surface area contributed by atoms with Crippen LogP contribution in [0, 0.1) is 0 Å². The highest BCUT2D eigenvalue weighted by Gasteiger charge is 2.26. The van der Waals surface area contributed by atoms with E-state index in [0.717, 1.165) is 19.3 Å². The van der Waals surface area contributed by atoms with Crippen LogP contribution in [0.4, 0.5) is 0 Å². The minimum Gasteiger partial charge on any atom is -0.391 e. The molecule has 2 N–H and O–H groups in total. The third kappa shape index (κ3) is 2.33. The van der Waals surface area contributed by atoms with Crippen molar-refractivity contribution in [2.24, 2.45) is 0 Å². The van der Waals surface area contributed by atoms with Gasteiger partial charge in [0.05, 0.1) is 12.1 Å². The van der Waals surface area contributed by atoms with Crippen LogP contribution in [0.5, 0.6) is 0 Å². The predicted molar refractivity (Wildman–Crippen MR) is 55.3 cm³/mol. The van der Waals surface area contributed by atoms with Gasteiger partial charge >= 0.3 is 0 Å². The summed E-state index contributed by atoms with van der Waals surface area (Å²) < 4.78 is 0. The van der Waals surface area contributed by atoms with Crippen LogP contribution in [0.25, 0.3) is 0 Å². The molecule has 80 valence electrons. The smallest absolute Gasteiger partial charge is 0.270 e. The van der Waals surface area contributed by atoms with Crippen LogP contribution in [-0.2, 0) is 0 Å². The maximum Gasteiger partial charge on any atom is 0.270 e. The fraction of sp³-hybridized carbons (Fsp3) is 0.455. The van der Waals surface area contributed by atoms with E-state index in [9.17, 15) is 9.90 Å². The number of aliphatic hydroxyl groups excluding tert-OH is 1. The summed E-state index contributed by atoms with van der Waals surface area (Å²) in [7, 11) is 0. The number of rotatable bonds is 2. The maximum absolute atomic E-state index is 11.7. The molecule has 1 amide bonds. The van der Waals surface area contributed by atoms with Crippen LogP contribution in [0.1, 0.15) is 29.8 Å². The summed E-state index contributed by atoms with van der Waals surface area (Å²) >= 11 is 0. The number of aromatic nitrogens is 1. The Hall–Kier alpha value is -1.42. The largest absolute Gasteiger partial charge is 0.391 e. The summed E-state index contributed by atoms with van der Waals surface area (Å²) in [5.41, 5.74) is 0.400. The van der Waals surface area contributed by atoms with Crippen LogP contribution in [0.15, 0.2) is 24.4 Å². The molecule has 0 unspecified atom stereocenters. The second-order valence-electron chi connectivity index (χ2n) is 3.79. The Labute approximate surface area is 88.3 Å². The van der Waals surface area contributed by atoms with Crippen molar-refractivity contribution in [2.45, 2.75) is 31.4 Å². The first-order valence-corrected chi connectivity index (χ1v) is 5.17. The first kappa shape index (κ1) is 10.1. The second kappa shape index (κ2) is 4.40. The number of amides is 1. The van der Waals surface area contributed by atoms with Gasteiger partial charge in [-0.15, -0.1) is 0 Å². The Bertz CT molecular complexity index is 340. The average molecular weight is 206 g/mol. The van der Waals surface area contributed by atoms with Gasteiger partial charge in [0.2, 0.25) is 0 Å². The Balaban J connectivity index is 1.98. The van der Waals surface area contributed by atoms with Crippen molar-refractivity contribution in [1.29, 1.82) is 0 Å². The molecule has 4 heteroatoms. The van der Waals surface area contributed by atoms with E-state index >= 15 is 0 Å². The van der Waals surface area contributed by atoms with Gasteiger partial charge < -0.3 is 10.4 Å². The highest BCUT2D eigenvalue weighted by atomic mass is 16.3. The minimum atomic E-state index is -0.405. The van der Waals surface area contributed by atoms with E-state index in [4.69, 9.17) is 0 Å². The summed E-state index contributed by atoms with van der Waals surface area (Å²) in [6.07, 6.45) is 3.76. The Morgan fingerprint density at radius 2 is 2.33 bits per heavy atom. The topological polar surface area (TPSA) is 62.2 Å². The molecule has 0 aromatic carbocycles. The van der Waals surface area contributed by atoms with Gasteiger partial charge in [-0.3, -0.25) is 9.78 Å². The molecule has 4 nitrogen and oxygen atoms in total. The van der Waals surface area contributed by atoms with Crippen molar-refractivity contribution < 1.29 is 9.90 Å². The number of carbonyl (C=O) groups is 1. The lowest BCUT2D eigenvalue weighted by molar-refractivity contribution is 0.0868. The van der Waals surface area contributed by atoms with Crippen LogP contribution in [-0.4, -0.2) is 28.1 Å². The first-order chi connectivity index (χ1) is 7.27. The van der Waals surface area contributed by atoms with Crippen LogP contribution < -0.4 is 5.32 Å². The Morgan fingerprint density at radius 3 is 2.93 bits per heavy atom. The van der Waals surface area contributed by atoms with Crippen molar-refractivity contribution in [3.63, 3.8) is 0 Å². The molecule has 15 heavy (non-hydrogen) atoms. The molecule has 0 radical (unpaired) electrons. The monoisotopic (exact) mass is 206 g/mol. The Kier molecular flexibility index (Phi) is 2.97. The van der Waals surface area contributed by atoms with Crippen LogP contribution in [0.3, 0.4) is 0 Å². The number of carbonyl (C=O) groups excluding carboxylic acids is 1. The molecule has 0 saturated heterocycles. The molecule has 0 aliphatic heterocycles. The van der Waals surface area contributed by atoms with Gasteiger partial charge in [0, 0.05) is 6.20 Å². The molecule has 1 aliphatic rings. The number of nitrogens with one attached hydrogen (secondary N) is 1. The van der Waals surface area contributed by atoms with E-state index < -0.39 is 6.10 Å². The number of aliphatic hydroxyl groups is 1. The van der Waals surface area contributed by atoms with Gasteiger partial charge in [-0.05, 0) is 31.4 Å². The van der Waals surface area contributed by atoms with Gasteiger partial charge in [-0.2, -0.15) is 0 Å². The van der Waals surface area contributed by atoms with E-state index in [2.05, 4.69) is 10.3 Å². The molecule has 2 atom stereocenters. The number of hydrogen-bond acceptors (Lipinski definition) is 3. The number of nitrogens with zero attached hydrogens (tertiary/aromatic N) is 1. The first-order valence-electron chi connectivity index (χ1n) is 5.17. The maximum atomic E-state index is 11.7. The molecular weight excluding hydrogens is 192 g/mol. The molecule has 1 aromatic rings. The summed E-state index contributed by atoms with van der Waals surface area (Å²) in [4.78, 5) is 15.6. The van der Waals surface area contributed by atoms with Gasteiger partial charge in [0.25, 0.3) is 5.91 Å².